The van der Waals surface area contributed by atoms with Crippen molar-refractivity contribution in [2.24, 2.45) is 0 Å². The number of hydrogen-bond donors (Lipinski definition) is 1. The monoisotopic (exact) mass is 336 g/mol. The van der Waals surface area contributed by atoms with Crippen molar-refractivity contribution in [3.8, 4) is 11.5 Å². The van der Waals surface area contributed by atoms with Crippen molar-refractivity contribution in [3.63, 3.8) is 0 Å². The van der Waals surface area contributed by atoms with Crippen LogP contribution in [0.5, 0.6) is 11.5 Å². The number of methoxy groups -OCH3 is 2. The summed E-state index contributed by atoms with van der Waals surface area (Å²) in [4.78, 5) is 16.8. The molecule has 0 unspecified atom stereocenters. The summed E-state index contributed by atoms with van der Waals surface area (Å²) in [5, 5.41) is 3.81. The molecule has 5 heteroatoms. The number of ether oxygens (including phenoxy) is 2. The summed E-state index contributed by atoms with van der Waals surface area (Å²) in [6, 6.07) is 15.0. The summed E-state index contributed by atoms with van der Waals surface area (Å²) in [5.74, 6) is 1.44. The Bertz CT molecular complexity index is 888. The van der Waals surface area contributed by atoms with Crippen molar-refractivity contribution in [2.75, 3.05) is 20.8 Å². The maximum absolute atomic E-state index is 12.5. The Morgan fingerprint density at radius 2 is 1.92 bits per heavy atom. The highest BCUT2D eigenvalue weighted by Crippen LogP contribution is 2.24. The molecule has 3 aromatic rings. The first-order chi connectivity index (χ1) is 12.2. The Hall–Kier alpha value is -3.08. The number of hydrogen-bond acceptors (Lipinski definition) is 4. The third-order valence-electron chi connectivity index (χ3n) is 4.06. The van der Waals surface area contributed by atoms with Crippen molar-refractivity contribution in [3.05, 3.63) is 65.9 Å². The van der Waals surface area contributed by atoms with Crippen LogP contribution in [0, 0.1) is 0 Å². The first-order valence-corrected chi connectivity index (χ1v) is 8.06. The molecular weight excluding hydrogens is 316 g/mol. The molecule has 0 aliphatic carbocycles. The smallest absolute Gasteiger partial charge is 0.252 e. The number of aromatic nitrogens is 1. The average molecular weight is 336 g/mol. The fourth-order valence-electron chi connectivity index (χ4n) is 2.78. The second-order valence-electron chi connectivity index (χ2n) is 5.56. The van der Waals surface area contributed by atoms with Crippen LogP contribution in [-0.4, -0.2) is 31.7 Å². The molecule has 1 aromatic heterocycles. The van der Waals surface area contributed by atoms with Crippen LogP contribution in [0.25, 0.3) is 10.9 Å². The van der Waals surface area contributed by atoms with Gasteiger partial charge in [0.15, 0.2) is 0 Å². The van der Waals surface area contributed by atoms with E-state index in [1.54, 1.807) is 26.5 Å². The third kappa shape index (κ3) is 3.71. The molecule has 0 bridgehead atoms. The molecule has 0 aliphatic heterocycles. The van der Waals surface area contributed by atoms with Crippen LogP contribution in [0.3, 0.4) is 0 Å². The molecule has 0 radical (unpaired) electrons. The van der Waals surface area contributed by atoms with E-state index in [-0.39, 0.29) is 5.91 Å². The van der Waals surface area contributed by atoms with Crippen LogP contribution >= 0.6 is 0 Å². The van der Waals surface area contributed by atoms with Gasteiger partial charge in [0.2, 0.25) is 0 Å². The predicted molar refractivity (Wildman–Crippen MR) is 97.3 cm³/mol. The maximum Gasteiger partial charge on any atom is 0.252 e. The SMILES string of the molecule is COc1ccc(OC)c(CCNC(=O)c2ccnc3ccccc23)c1. The second-order valence-corrected chi connectivity index (χ2v) is 5.56. The van der Waals surface area contributed by atoms with Crippen LogP contribution in [0.15, 0.2) is 54.7 Å². The molecule has 0 saturated carbocycles. The molecule has 1 heterocycles. The van der Waals surface area contributed by atoms with Gasteiger partial charge in [-0.25, -0.2) is 0 Å². The molecule has 128 valence electrons. The number of benzene rings is 2. The van der Waals surface area contributed by atoms with E-state index in [0.717, 1.165) is 28.0 Å². The van der Waals surface area contributed by atoms with Gasteiger partial charge in [-0.2, -0.15) is 0 Å². The fourth-order valence-corrected chi connectivity index (χ4v) is 2.78. The Labute approximate surface area is 146 Å². The first kappa shape index (κ1) is 16.8. The van der Waals surface area contributed by atoms with E-state index >= 15 is 0 Å². The number of carbonyl (C=O) groups excluding carboxylic acids is 1. The van der Waals surface area contributed by atoms with Crippen molar-refractivity contribution in [2.45, 2.75) is 6.42 Å². The minimum absolute atomic E-state index is 0.111. The van der Waals surface area contributed by atoms with Gasteiger partial charge in [0.1, 0.15) is 11.5 Å². The summed E-state index contributed by atoms with van der Waals surface area (Å²) in [7, 11) is 3.26. The molecule has 3 rings (SSSR count). The average Bonchev–Trinajstić information content (AvgIpc) is 2.67. The number of para-hydroxylation sites is 1. The van der Waals surface area contributed by atoms with E-state index < -0.39 is 0 Å². The van der Waals surface area contributed by atoms with Crippen LogP contribution in [-0.2, 0) is 6.42 Å². The van der Waals surface area contributed by atoms with Gasteiger partial charge >= 0.3 is 0 Å². The molecule has 0 spiro atoms. The molecule has 0 aliphatic rings. The second kappa shape index (κ2) is 7.66. The van der Waals surface area contributed by atoms with E-state index in [2.05, 4.69) is 10.3 Å². The summed E-state index contributed by atoms with van der Waals surface area (Å²) < 4.78 is 10.6. The van der Waals surface area contributed by atoms with E-state index in [4.69, 9.17) is 9.47 Å². The molecule has 1 amide bonds. The van der Waals surface area contributed by atoms with Gasteiger partial charge in [-0.1, -0.05) is 18.2 Å². The number of fused-ring (bicyclic) bond motifs is 1. The fraction of sp³-hybridized carbons (Fsp3) is 0.200. The highest BCUT2D eigenvalue weighted by atomic mass is 16.5. The molecule has 5 nitrogen and oxygen atoms in total. The van der Waals surface area contributed by atoms with Crippen molar-refractivity contribution in [1.29, 1.82) is 0 Å². The Morgan fingerprint density at radius 3 is 2.72 bits per heavy atom. The molecule has 1 N–H and O–H groups in total. The number of rotatable bonds is 6. The van der Waals surface area contributed by atoms with Crippen LogP contribution in [0.1, 0.15) is 15.9 Å². The Kier molecular flexibility index (Phi) is 5.14. The lowest BCUT2D eigenvalue weighted by atomic mass is 10.1. The van der Waals surface area contributed by atoms with Crippen LogP contribution in [0.2, 0.25) is 0 Å². The highest BCUT2D eigenvalue weighted by Gasteiger charge is 2.11. The largest absolute Gasteiger partial charge is 0.497 e. The van der Waals surface area contributed by atoms with Gasteiger partial charge in [-0.05, 0) is 42.3 Å². The minimum Gasteiger partial charge on any atom is -0.497 e. The minimum atomic E-state index is -0.111. The zero-order chi connectivity index (χ0) is 17.6. The standard InChI is InChI=1S/C20H20N2O3/c1-24-15-7-8-19(25-2)14(13-15)9-11-22-20(23)17-10-12-21-18-6-4-3-5-16(17)18/h3-8,10,12-13H,9,11H2,1-2H3,(H,22,23). The highest BCUT2D eigenvalue weighted by molar-refractivity contribution is 6.05. The lowest BCUT2D eigenvalue weighted by molar-refractivity contribution is 0.0955. The Balaban J connectivity index is 1.71. The van der Waals surface area contributed by atoms with Gasteiger partial charge < -0.3 is 14.8 Å². The lowest BCUT2D eigenvalue weighted by Crippen LogP contribution is -2.26. The van der Waals surface area contributed by atoms with Crippen molar-refractivity contribution in [1.82, 2.24) is 10.3 Å². The zero-order valence-electron chi connectivity index (χ0n) is 14.3. The van der Waals surface area contributed by atoms with Gasteiger partial charge in [-0.15, -0.1) is 0 Å². The van der Waals surface area contributed by atoms with Crippen LogP contribution in [0.4, 0.5) is 0 Å². The molecule has 0 fully saturated rings. The summed E-state index contributed by atoms with van der Waals surface area (Å²) in [5.41, 5.74) is 2.43. The van der Waals surface area contributed by atoms with Crippen molar-refractivity contribution < 1.29 is 14.3 Å². The van der Waals surface area contributed by atoms with Gasteiger partial charge in [0, 0.05) is 18.1 Å². The summed E-state index contributed by atoms with van der Waals surface area (Å²) in [6.07, 6.45) is 2.30. The van der Waals surface area contributed by atoms with Gasteiger partial charge in [-0.3, -0.25) is 9.78 Å². The van der Waals surface area contributed by atoms with Crippen molar-refractivity contribution >= 4 is 16.8 Å². The number of amides is 1. The summed E-state index contributed by atoms with van der Waals surface area (Å²) in [6.45, 7) is 0.499. The third-order valence-corrected chi connectivity index (χ3v) is 4.06. The number of nitrogens with one attached hydrogen (secondary N) is 1. The Morgan fingerprint density at radius 1 is 1.08 bits per heavy atom. The molecule has 0 saturated heterocycles. The maximum atomic E-state index is 12.5. The molecule has 0 atom stereocenters. The van der Waals surface area contributed by atoms with Gasteiger partial charge in [0.05, 0.1) is 25.3 Å². The number of carbonyl (C=O) groups is 1. The zero-order valence-corrected chi connectivity index (χ0v) is 14.3. The number of pyridine rings is 1. The predicted octanol–water partition coefficient (Wildman–Crippen LogP) is 3.22. The number of nitrogens with zero attached hydrogens (tertiary/aromatic N) is 1. The van der Waals surface area contributed by atoms with Gasteiger partial charge in [0.25, 0.3) is 5.91 Å². The molecule has 2 aromatic carbocycles. The van der Waals surface area contributed by atoms with E-state index in [9.17, 15) is 4.79 Å². The van der Waals surface area contributed by atoms with E-state index in [1.165, 1.54) is 0 Å². The normalized spacial score (nSPS) is 10.5. The van der Waals surface area contributed by atoms with E-state index in [1.807, 2.05) is 42.5 Å². The first-order valence-electron chi connectivity index (χ1n) is 8.06. The van der Waals surface area contributed by atoms with Crippen LogP contribution < -0.4 is 14.8 Å². The summed E-state index contributed by atoms with van der Waals surface area (Å²) >= 11 is 0. The molecule has 25 heavy (non-hydrogen) atoms. The molecular formula is C20H20N2O3. The quantitative estimate of drug-likeness (QED) is 0.751. The van der Waals surface area contributed by atoms with E-state index in [0.29, 0.717) is 18.5 Å². The lowest BCUT2D eigenvalue weighted by Gasteiger charge is -2.11. The topological polar surface area (TPSA) is 60.5 Å².